The van der Waals surface area contributed by atoms with Crippen molar-refractivity contribution < 1.29 is 24.2 Å². The second-order valence-electron chi connectivity index (χ2n) is 8.45. The first kappa shape index (κ1) is 26.7. The highest BCUT2D eigenvalue weighted by atomic mass is 35.5. The van der Waals surface area contributed by atoms with E-state index in [1.54, 1.807) is 7.11 Å². The molecule has 190 valence electrons. The van der Waals surface area contributed by atoms with Gasteiger partial charge in [-0.3, -0.25) is 14.5 Å². The van der Waals surface area contributed by atoms with Crippen LogP contribution in [0, 0.1) is 0 Å². The highest BCUT2D eigenvalue weighted by Crippen LogP contribution is 2.29. The van der Waals surface area contributed by atoms with Gasteiger partial charge in [-0.05, 0) is 18.1 Å². The van der Waals surface area contributed by atoms with E-state index in [0.717, 1.165) is 12.1 Å². The number of benzene rings is 2. The molecular formula is C25H33ClN4O5. The van der Waals surface area contributed by atoms with Crippen LogP contribution in [0.25, 0.3) is 0 Å². The molecule has 1 saturated heterocycles. The third kappa shape index (κ3) is 6.85. The summed E-state index contributed by atoms with van der Waals surface area (Å²) in [5.41, 5.74) is 7.24. The third-order valence-corrected chi connectivity index (χ3v) is 6.58. The van der Waals surface area contributed by atoms with Crippen molar-refractivity contribution in [2.75, 3.05) is 52.7 Å². The molecule has 0 radical (unpaired) electrons. The van der Waals surface area contributed by atoms with Crippen molar-refractivity contribution in [1.82, 2.24) is 15.5 Å². The Kier molecular flexibility index (Phi) is 9.73. The molecule has 1 aliphatic rings. The van der Waals surface area contributed by atoms with Crippen LogP contribution < -0.4 is 21.1 Å². The minimum atomic E-state index is -0.595. The van der Waals surface area contributed by atoms with E-state index in [-0.39, 0.29) is 35.6 Å². The molecule has 1 aliphatic heterocycles. The molecule has 9 nitrogen and oxygen atoms in total. The summed E-state index contributed by atoms with van der Waals surface area (Å²) >= 11 is 6.10. The molecule has 0 saturated carbocycles. The van der Waals surface area contributed by atoms with Crippen molar-refractivity contribution in [2.24, 2.45) is 0 Å². The molecule has 2 amide bonds. The number of hydrogen-bond acceptors (Lipinski definition) is 7. The van der Waals surface area contributed by atoms with Gasteiger partial charge in [0, 0.05) is 39.4 Å². The number of rotatable bonds is 10. The number of anilines is 1. The standard InChI is InChI=1S/C25H33ClN4O5/c1-34-22-13-20(27)19(26)12-17(22)25(33)29-21-8-10-30(14-23(21)35-2)11-9-28-24(32)18(15-31)16-6-4-3-5-7-16/h3-7,12-13,18,21,23,31H,8-11,14-15,27H2,1-2H3,(H,28,32)(H,29,33)/t18?,21-,23+/m1/s1. The van der Waals surface area contributed by atoms with Crippen molar-refractivity contribution in [3.05, 3.63) is 58.6 Å². The van der Waals surface area contributed by atoms with Crippen molar-refractivity contribution in [3.63, 3.8) is 0 Å². The Labute approximate surface area is 210 Å². The van der Waals surface area contributed by atoms with Gasteiger partial charge in [0.15, 0.2) is 0 Å². The maximum Gasteiger partial charge on any atom is 0.255 e. The van der Waals surface area contributed by atoms with Crippen LogP contribution in [0.4, 0.5) is 5.69 Å². The lowest BCUT2D eigenvalue weighted by molar-refractivity contribution is -0.123. The monoisotopic (exact) mass is 504 g/mol. The number of carbonyl (C=O) groups is 2. The zero-order valence-corrected chi connectivity index (χ0v) is 20.8. The van der Waals surface area contributed by atoms with E-state index in [1.165, 1.54) is 19.2 Å². The van der Waals surface area contributed by atoms with Crippen molar-refractivity contribution >= 4 is 29.1 Å². The zero-order chi connectivity index (χ0) is 25.4. The number of halogens is 1. The number of ether oxygens (including phenoxy) is 2. The molecule has 0 aromatic heterocycles. The SMILES string of the molecule is COc1cc(N)c(Cl)cc1C(=O)N[C@@H]1CCN(CCNC(=O)C(CO)c2ccccc2)C[C@@H]1OC. The third-order valence-electron chi connectivity index (χ3n) is 6.25. The number of methoxy groups -OCH3 is 2. The summed E-state index contributed by atoms with van der Waals surface area (Å²) in [4.78, 5) is 27.7. The molecule has 35 heavy (non-hydrogen) atoms. The zero-order valence-electron chi connectivity index (χ0n) is 20.0. The number of nitrogens with zero attached hydrogens (tertiary/aromatic N) is 1. The highest BCUT2D eigenvalue weighted by molar-refractivity contribution is 6.33. The molecule has 10 heteroatoms. The number of likely N-dealkylation sites (tertiary alicyclic amines) is 1. The second kappa shape index (κ2) is 12.7. The van der Waals surface area contributed by atoms with Crippen LogP contribution in [-0.2, 0) is 9.53 Å². The number of aliphatic hydroxyl groups is 1. The Bertz CT molecular complexity index is 1010. The molecule has 2 aromatic rings. The minimum absolute atomic E-state index is 0.198. The van der Waals surface area contributed by atoms with Gasteiger partial charge in [-0.25, -0.2) is 0 Å². The molecule has 0 aliphatic carbocycles. The van der Waals surface area contributed by atoms with Gasteiger partial charge >= 0.3 is 0 Å². The fourth-order valence-electron chi connectivity index (χ4n) is 4.23. The van der Waals surface area contributed by atoms with Crippen molar-refractivity contribution in [2.45, 2.75) is 24.5 Å². The predicted octanol–water partition coefficient (Wildman–Crippen LogP) is 1.64. The molecule has 0 bridgehead atoms. The number of piperidine rings is 1. The smallest absolute Gasteiger partial charge is 0.255 e. The molecule has 2 aromatic carbocycles. The first-order chi connectivity index (χ1) is 16.9. The fraction of sp³-hybridized carbons (Fsp3) is 0.440. The van der Waals surface area contributed by atoms with Gasteiger partial charge in [-0.2, -0.15) is 0 Å². The highest BCUT2D eigenvalue weighted by Gasteiger charge is 2.31. The van der Waals surface area contributed by atoms with E-state index in [9.17, 15) is 14.7 Å². The van der Waals surface area contributed by atoms with Crippen molar-refractivity contribution in [1.29, 1.82) is 0 Å². The summed E-state index contributed by atoms with van der Waals surface area (Å²) < 4.78 is 10.9. The van der Waals surface area contributed by atoms with Crippen LogP contribution in [0.3, 0.4) is 0 Å². The van der Waals surface area contributed by atoms with E-state index >= 15 is 0 Å². The number of aliphatic hydroxyl groups excluding tert-OH is 1. The Morgan fingerprint density at radius 3 is 2.66 bits per heavy atom. The van der Waals surface area contributed by atoms with Crippen LogP contribution in [0.5, 0.6) is 5.75 Å². The number of nitrogen functional groups attached to an aromatic ring is 1. The molecule has 5 N–H and O–H groups in total. The molecule has 1 unspecified atom stereocenters. The van der Waals surface area contributed by atoms with E-state index in [1.807, 2.05) is 30.3 Å². The van der Waals surface area contributed by atoms with Crippen molar-refractivity contribution in [3.8, 4) is 5.75 Å². The summed E-state index contributed by atoms with van der Waals surface area (Å²) in [6, 6.07) is 12.0. The number of nitrogens with one attached hydrogen (secondary N) is 2. The van der Waals surface area contributed by atoms with Crippen LogP contribution in [0.1, 0.15) is 28.3 Å². The van der Waals surface area contributed by atoms with Gasteiger partial charge in [0.1, 0.15) is 5.75 Å². The predicted molar refractivity (Wildman–Crippen MR) is 135 cm³/mol. The Morgan fingerprint density at radius 2 is 2.00 bits per heavy atom. The molecule has 3 rings (SSSR count). The summed E-state index contributed by atoms with van der Waals surface area (Å²) in [6.45, 7) is 2.13. The van der Waals surface area contributed by atoms with Gasteiger partial charge in [-0.1, -0.05) is 41.9 Å². The van der Waals surface area contributed by atoms with Gasteiger partial charge in [0.2, 0.25) is 5.91 Å². The summed E-state index contributed by atoms with van der Waals surface area (Å²) in [5, 5.41) is 15.9. The van der Waals surface area contributed by atoms with Gasteiger partial charge in [-0.15, -0.1) is 0 Å². The minimum Gasteiger partial charge on any atom is -0.496 e. The molecule has 0 spiro atoms. The van der Waals surface area contributed by atoms with E-state index < -0.39 is 5.92 Å². The van der Waals surface area contributed by atoms with E-state index in [4.69, 9.17) is 26.8 Å². The molecule has 3 atom stereocenters. The average molecular weight is 505 g/mol. The molecule has 1 heterocycles. The first-order valence-corrected chi connectivity index (χ1v) is 11.9. The Morgan fingerprint density at radius 1 is 1.26 bits per heavy atom. The van der Waals surface area contributed by atoms with Crippen LogP contribution in [0.15, 0.2) is 42.5 Å². The number of nitrogens with two attached hydrogens (primary N) is 1. The molecular weight excluding hydrogens is 472 g/mol. The summed E-state index contributed by atoms with van der Waals surface area (Å²) in [7, 11) is 3.08. The number of hydrogen-bond donors (Lipinski definition) is 4. The lowest BCUT2D eigenvalue weighted by Gasteiger charge is -2.38. The maximum absolute atomic E-state index is 12.9. The van der Waals surface area contributed by atoms with E-state index in [2.05, 4.69) is 15.5 Å². The van der Waals surface area contributed by atoms with E-state index in [0.29, 0.717) is 43.1 Å². The van der Waals surface area contributed by atoms with Crippen LogP contribution >= 0.6 is 11.6 Å². The normalized spacial score (nSPS) is 19.1. The first-order valence-electron chi connectivity index (χ1n) is 11.5. The summed E-state index contributed by atoms with van der Waals surface area (Å²) in [6.07, 6.45) is 0.445. The molecule has 1 fully saturated rings. The second-order valence-corrected chi connectivity index (χ2v) is 8.86. The fourth-order valence-corrected chi connectivity index (χ4v) is 4.40. The lowest BCUT2D eigenvalue weighted by atomic mass is 9.99. The largest absolute Gasteiger partial charge is 0.496 e. The van der Waals surface area contributed by atoms with Gasteiger partial charge in [0.25, 0.3) is 5.91 Å². The maximum atomic E-state index is 12.9. The van der Waals surface area contributed by atoms with Gasteiger partial charge in [0.05, 0.1) is 48.1 Å². The quantitative estimate of drug-likeness (QED) is 0.362. The lowest BCUT2D eigenvalue weighted by Crippen LogP contribution is -2.55. The summed E-state index contributed by atoms with van der Waals surface area (Å²) in [5.74, 6) is -0.765. The van der Waals surface area contributed by atoms with Crippen LogP contribution in [-0.4, -0.2) is 81.0 Å². The van der Waals surface area contributed by atoms with Crippen LogP contribution in [0.2, 0.25) is 5.02 Å². The topological polar surface area (TPSA) is 126 Å². The number of carbonyl (C=O) groups excluding carboxylic acids is 2. The van der Waals surface area contributed by atoms with Gasteiger partial charge < -0.3 is 30.9 Å². The number of amides is 2. The Hall–Kier alpha value is -2.85. The Balaban J connectivity index is 1.52. The average Bonchev–Trinajstić information content (AvgIpc) is 2.87.